The van der Waals surface area contributed by atoms with Crippen molar-refractivity contribution in [1.29, 1.82) is 0 Å². The van der Waals surface area contributed by atoms with Crippen LogP contribution in [0.2, 0.25) is 5.02 Å². The molecule has 1 aromatic heterocycles. The maximum absolute atomic E-state index is 12.7. The van der Waals surface area contributed by atoms with Crippen LogP contribution < -0.4 is 5.32 Å². The Morgan fingerprint density at radius 1 is 1.18 bits per heavy atom. The van der Waals surface area contributed by atoms with Crippen LogP contribution in [0.3, 0.4) is 0 Å². The van der Waals surface area contributed by atoms with Crippen molar-refractivity contribution in [3.8, 4) is 17.0 Å². The van der Waals surface area contributed by atoms with Gasteiger partial charge in [0.25, 0.3) is 0 Å². The highest BCUT2D eigenvalue weighted by Gasteiger charge is 2.21. The van der Waals surface area contributed by atoms with E-state index in [-0.39, 0.29) is 18.5 Å². The Bertz CT molecular complexity index is 982. The molecule has 146 valence electrons. The monoisotopic (exact) mass is 400 g/mol. The molecule has 1 fully saturated rings. The normalized spacial score (nSPS) is 17.7. The van der Waals surface area contributed by atoms with E-state index in [0.29, 0.717) is 28.6 Å². The molecule has 1 atom stereocenters. The van der Waals surface area contributed by atoms with Gasteiger partial charge in [0.15, 0.2) is 5.82 Å². The molecule has 1 aliphatic rings. The minimum absolute atomic E-state index is 0.0711. The van der Waals surface area contributed by atoms with Gasteiger partial charge >= 0.3 is 0 Å². The maximum atomic E-state index is 12.7. The van der Waals surface area contributed by atoms with Crippen LogP contribution in [0.15, 0.2) is 42.5 Å². The van der Waals surface area contributed by atoms with Crippen LogP contribution in [0.5, 0.6) is 5.75 Å². The molecule has 0 radical (unpaired) electrons. The molecule has 2 heterocycles. The Labute approximate surface area is 168 Å². The van der Waals surface area contributed by atoms with E-state index in [9.17, 15) is 9.50 Å². The molecule has 2 N–H and O–H groups in total. The van der Waals surface area contributed by atoms with E-state index in [4.69, 9.17) is 11.6 Å². The summed E-state index contributed by atoms with van der Waals surface area (Å²) in [6.45, 7) is 1.87. The zero-order valence-electron chi connectivity index (χ0n) is 15.4. The lowest BCUT2D eigenvalue weighted by atomic mass is 10.0. The number of nitrogens with one attached hydrogen (secondary N) is 1. The summed E-state index contributed by atoms with van der Waals surface area (Å²) in [7, 11) is 0. The molecule has 1 aliphatic heterocycles. The highest BCUT2D eigenvalue weighted by molar-refractivity contribution is 6.30. The summed E-state index contributed by atoms with van der Waals surface area (Å²) in [4.78, 5) is 2.14. The first-order valence-corrected chi connectivity index (χ1v) is 9.82. The number of nitrogens with zero attached hydrogens (tertiary/aromatic N) is 3. The van der Waals surface area contributed by atoms with E-state index in [0.717, 1.165) is 36.7 Å². The van der Waals surface area contributed by atoms with E-state index in [2.05, 4.69) is 20.4 Å². The number of piperidine rings is 1. The SMILES string of the molecule is Oc1cc(Cl)ccc1-c1nnc(N[C@@H]2CCCN(CCF)C2)c2ccccc12. The largest absolute Gasteiger partial charge is 0.507 e. The van der Waals surface area contributed by atoms with Gasteiger partial charge in [0.1, 0.15) is 18.1 Å². The van der Waals surface area contributed by atoms with Gasteiger partial charge in [-0.3, -0.25) is 4.90 Å². The van der Waals surface area contributed by atoms with E-state index in [1.165, 1.54) is 6.07 Å². The van der Waals surface area contributed by atoms with Crippen LogP contribution in [-0.4, -0.2) is 52.6 Å². The molecule has 7 heteroatoms. The van der Waals surface area contributed by atoms with Crippen LogP contribution in [0.4, 0.5) is 10.2 Å². The maximum Gasteiger partial charge on any atom is 0.156 e. The average molecular weight is 401 g/mol. The number of fused-ring (bicyclic) bond motifs is 1. The van der Waals surface area contributed by atoms with Gasteiger partial charge in [-0.15, -0.1) is 10.2 Å². The molecule has 4 rings (SSSR count). The number of aromatic nitrogens is 2. The Balaban J connectivity index is 1.68. The second kappa shape index (κ2) is 8.29. The second-order valence-corrected chi connectivity index (χ2v) is 7.51. The van der Waals surface area contributed by atoms with Crippen LogP contribution in [0, 0.1) is 0 Å². The average Bonchev–Trinajstić information content (AvgIpc) is 2.69. The Morgan fingerprint density at radius 3 is 2.79 bits per heavy atom. The first-order chi connectivity index (χ1) is 13.7. The van der Waals surface area contributed by atoms with E-state index < -0.39 is 0 Å². The fourth-order valence-corrected chi connectivity index (χ4v) is 3.97. The van der Waals surface area contributed by atoms with Crippen molar-refractivity contribution in [3.05, 3.63) is 47.5 Å². The van der Waals surface area contributed by atoms with Gasteiger partial charge in [-0.05, 0) is 37.6 Å². The molecule has 28 heavy (non-hydrogen) atoms. The van der Waals surface area contributed by atoms with Gasteiger partial charge in [0.2, 0.25) is 0 Å². The predicted molar refractivity (Wildman–Crippen MR) is 111 cm³/mol. The van der Waals surface area contributed by atoms with Crippen molar-refractivity contribution in [2.24, 2.45) is 0 Å². The van der Waals surface area contributed by atoms with E-state index >= 15 is 0 Å². The van der Waals surface area contributed by atoms with Crippen molar-refractivity contribution in [2.75, 3.05) is 31.6 Å². The molecule has 0 unspecified atom stereocenters. The standard InChI is InChI=1S/C21H22ClFN4O/c22-14-7-8-18(19(28)12-14)20-16-5-1-2-6-17(16)21(26-25-20)24-15-4-3-10-27(13-15)11-9-23/h1-2,5-8,12,15,28H,3-4,9-11,13H2,(H,24,26)/t15-/m1/s1. The number of alkyl halides is 1. The second-order valence-electron chi connectivity index (χ2n) is 7.08. The Hall–Kier alpha value is -2.44. The third kappa shape index (κ3) is 3.88. The summed E-state index contributed by atoms with van der Waals surface area (Å²) >= 11 is 5.96. The van der Waals surface area contributed by atoms with Crippen LogP contribution in [-0.2, 0) is 0 Å². The summed E-state index contributed by atoms with van der Waals surface area (Å²) in [5, 5.41) is 24.9. The molecule has 2 aromatic carbocycles. The van der Waals surface area contributed by atoms with Gasteiger partial charge in [-0.1, -0.05) is 35.9 Å². The molecule has 1 saturated heterocycles. The molecule has 0 saturated carbocycles. The fraction of sp³-hybridized carbons (Fsp3) is 0.333. The lowest BCUT2D eigenvalue weighted by molar-refractivity contribution is 0.200. The van der Waals surface area contributed by atoms with E-state index in [1.54, 1.807) is 12.1 Å². The summed E-state index contributed by atoms with van der Waals surface area (Å²) in [5.41, 5.74) is 1.20. The number of hydrogen-bond donors (Lipinski definition) is 2. The quantitative estimate of drug-likeness (QED) is 0.660. The number of phenols is 1. The van der Waals surface area contributed by atoms with Crippen molar-refractivity contribution in [2.45, 2.75) is 18.9 Å². The van der Waals surface area contributed by atoms with Gasteiger partial charge in [0.05, 0.1) is 0 Å². The smallest absolute Gasteiger partial charge is 0.156 e. The minimum Gasteiger partial charge on any atom is -0.507 e. The topological polar surface area (TPSA) is 61.3 Å². The molecule has 3 aromatic rings. The van der Waals surface area contributed by atoms with Crippen LogP contribution in [0.1, 0.15) is 12.8 Å². The van der Waals surface area contributed by atoms with Gasteiger partial charge in [-0.2, -0.15) is 0 Å². The molecule has 0 aliphatic carbocycles. The van der Waals surface area contributed by atoms with Crippen molar-refractivity contribution < 1.29 is 9.50 Å². The summed E-state index contributed by atoms with van der Waals surface area (Å²) in [6.07, 6.45) is 2.04. The molecular weight excluding hydrogens is 379 g/mol. The molecule has 0 bridgehead atoms. The number of benzene rings is 2. The highest BCUT2D eigenvalue weighted by atomic mass is 35.5. The van der Waals surface area contributed by atoms with Crippen LogP contribution in [0.25, 0.3) is 22.0 Å². The number of halogens is 2. The van der Waals surface area contributed by atoms with Crippen LogP contribution >= 0.6 is 11.6 Å². The van der Waals surface area contributed by atoms with Crippen molar-refractivity contribution >= 4 is 28.2 Å². The molecular formula is C21H22ClFN4O. The van der Waals surface area contributed by atoms with Crippen molar-refractivity contribution in [1.82, 2.24) is 15.1 Å². The first-order valence-electron chi connectivity index (χ1n) is 9.45. The number of phenolic OH excluding ortho intramolecular Hbond substituents is 1. The number of aromatic hydroxyl groups is 1. The first kappa shape index (κ1) is 18.9. The lowest BCUT2D eigenvalue weighted by Gasteiger charge is -2.32. The van der Waals surface area contributed by atoms with Crippen molar-refractivity contribution in [3.63, 3.8) is 0 Å². The third-order valence-corrected chi connectivity index (χ3v) is 5.38. The fourth-order valence-electron chi connectivity index (χ4n) is 3.80. The zero-order valence-corrected chi connectivity index (χ0v) is 16.2. The molecule has 0 spiro atoms. The Morgan fingerprint density at radius 2 is 2.00 bits per heavy atom. The molecule has 0 amide bonds. The predicted octanol–water partition coefficient (Wildman–Crippen LogP) is 4.50. The summed E-state index contributed by atoms with van der Waals surface area (Å²) in [5.74, 6) is 0.779. The third-order valence-electron chi connectivity index (χ3n) is 5.15. The Kier molecular flexibility index (Phi) is 5.59. The zero-order chi connectivity index (χ0) is 19.5. The number of likely N-dealkylation sites (tertiary alicyclic amines) is 1. The summed E-state index contributed by atoms with van der Waals surface area (Å²) in [6, 6.07) is 13.0. The minimum atomic E-state index is -0.325. The molecule has 5 nitrogen and oxygen atoms in total. The lowest BCUT2D eigenvalue weighted by Crippen LogP contribution is -2.43. The summed E-state index contributed by atoms with van der Waals surface area (Å²) < 4.78 is 12.7. The van der Waals surface area contributed by atoms with Gasteiger partial charge in [0, 0.05) is 40.5 Å². The number of rotatable bonds is 5. The highest BCUT2D eigenvalue weighted by Crippen LogP contribution is 2.36. The van der Waals surface area contributed by atoms with Gasteiger partial charge < -0.3 is 10.4 Å². The van der Waals surface area contributed by atoms with E-state index in [1.807, 2.05) is 24.3 Å². The van der Waals surface area contributed by atoms with Gasteiger partial charge in [-0.25, -0.2) is 4.39 Å². The number of anilines is 1. The number of hydrogen-bond acceptors (Lipinski definition) is 5.